The average molecular weight is 545 g/mol. The summed E-state index contributed by atoms with van der Waals surface area (Å²) in [6.45, 7) is 6.79. The molecule has 0 unspecified atom stereocenters. The van der Waals surface area contributed by atoms with Crippen LogP contribution in [0.4, 0.5) is 0 Å². The molecule has 1 spiro atoms. The molecular weight excluding hydrogens is 516 g/mol. The number of Topliss-reactive ketones (excluding diaryl/α,β-unsaturated/α-hetero) is 1. The highest BCUT2D eigenvalue weighted by molar-refractivity contribution is 6.36. The summed E-state index contributed by atoms with van der Waals surface area (Å²) in [5, 5.41) is 6.83. The van der Waals surface area contributed by atoms with Crippen LogP contribution in [0.5, 0.6) is 17.2 Å². The van der Waals surface area contributed by atoms with Crippen LogP contribution in [0.25, 0.3) is 0 Å². The molecule has 1 N–H and O–H groups in total. The van der Waals surface area contributed by atoms with Crippen molar-refractivity contribution < 1.29 is 33.1 Å². The zero-order valence-electron chi connectivity index (χ0n) is 21.8. The molecule has 0 saturated carbocycles. The minimum Gasteiger partial charge on any atom is -0.496 e. The van der Waals surface area contributed by atoms with Gasteiger partial charge < -0.3 is 29.0 Å². The van der Waals surface area contributed by atoms with E-state index in [-0.39, 0.29) is 52.1 Å². The number of ether oxygens (including phenoxy) is 3. The molecule has 11 nitrogen and oxygen atoms in total. The molecule has 3 heterocycles. The normalized spacial score (nSPS) is 22.8. The van der Waals surface area contributed by atoms with Gasteiger partial charge in [-0.3, -0.25) is 14.4 Å². The molecule has 38 heavy (non-hydrogen) atoms. The number of hydrogen-bond donors (Lipinski definition) is 1. The summed E-state index contributed by atoms with van der Waals surface area (Å²) in [6, 6.07) is 1.51. The maximum atomic E-state index is 13.6. The topological polar surface area (TPSA) is 133 Å². The summed E-state index contributed by atoms with van der Waals surface area (Å²) < 4.78 is 21.9. The molecule has 3 aliphatic rings. The molecule has 202 valence electrons. The first kappa shape index (κ1) is 26.0. The van der Waals surface area contributed by atoms with Gasteiger partial charge in [-0.05, 0) is 6.42 Å². The fourth-order valence-corrected chi connectivity index (χ4v) is 5.35. The standard InChI is InChI=1S/C26H29ClN4O7/c1-12(2)24-29-19(38-30-24)9-28-25(34)14-10-31(11-14)15-6-13(3)26(18(32)7-15)23(33)20-16(35-4)8-17(36-5)21(27)22(20)37-26/h7-8,12-14H,6,9-11H2,1-5H3,(H,28,34)/t13-,26+/m1/s1. The number of carbonyl (C=O) groups excluding carboxylic acids is 3. The molecule has 1 aromatic heterocycles. The Bertz CT molecular complexity index is 1350. The van der Waals surface area contributed by atoms with Crippen molar-refractivity contribution in [2.24, 2.45) is 11.8 Å². The van der Waals surface area contributed by atoms with Gasteiger partial charge in [0.05, 0.1) is 26.7 Å². The number of allylic oxidation sites excluding steroid dienone is 1. The second-order valence-corrected chi connectivity index (χ2v) is 10.5. The van der Waals surface area contributed by atoms with E-state index in [2.05, 4.69) is 15.5 Å². The average Bonchev–Trinajstić information content (AvgIpc) is 3.45. The monoisotopic (exact) mass is 544 g/mol. The predicted molar refractivity (Wildman–Crippen MR) is 134 cm³/mol. The smallest absolute Gasteiger partial charge is 0.246 e. The van der Waals surface area contributed by atoms with E-state index in [1.807, 2.05) is 18.7 Å². The van der Waals surface area contributed by atoms with Gasteiger partial charge in [0.1, 0.15) is 22.1 Å². The van der Waals surface area contributed by atoms with E-state index in [1.54, 1.807) is 6.92 Å². The molecule has 0 radical (unpaired) electrons. The zero-order valence-corrected chi connectivity index (χ0v) is 22.5. The number of ketones is 2. The van der Waals surface area contributed by atoms with Gasteiger partial charge >= 0.3 is 0 Å². The molecule has 2 atom stereocenters. The summed E-state index contributed by atoms with van der Waals surface area (Å²) >= 11 is 6.44. The molecule has 0 bridgehead atoms. The molecule has 2 aromatic rings. The quantitative estimate of drug-likeness (QED) is 0.518. The number of amides is 1. The van der Waals surface area contributed by atoms with Crippen molar-refractivity contribution in [3.63, 3.8) is 0 Å². The molecule has 2 aliphatic heterocycles. The molecule has 1 aliphatic carbocycles. The minimum atomic E-state index is -1.73. The maximum Gasteiger partial charge on any atom is 0.246 e. The van der Waals surface area contributed by atoms with Crippen LogP contribution in [0, 0.1) is 11.8 Å². The van der Waals surface area contributed by atoms with E-state index in [4.69, 9.17) is 30.3 Å². The third-order valence-corrected chi connectivity index (χ3v) is 7.72. The molecular formula is C26H29ClN4O7. The largest absolute Gasteiger partial charge is 0.496 e. The summed E-state index contributed by atoms with van der Waals surface area (Å²) in [4.78, 5) is 45.9. The van der Waals surface area contributed by atoms with Crippen molar-refractivity contribution in [3.8, 4) is 17.2 Å². The van der Waals surface area contributed by atoms with Crippen molar-refractivity contribution in [2.45, 2.75) is 45.3 Å². The Morgan fingerprint density at radius 2 is 1.97 bits per heavy atom. The Labute approximate surface area is 224 Å². The van der Waals surface area contributed by atoms with Crippen LogP contribution in [0.2, 0.25) is 5.02 Å². The summed E-state index contributed by atoms with van der Waals surface area (Å²) in [6.07, 6.45) is 1.86. The Morgan fingerprint density at radius 3 is 2.58 bits per heavy atom. The second-order valence-electron chi connectivity index (χ2n) is 10.1. The van der Waals surface area contributed by atoms with Gasteiger partial charge in [-0.25, -0.2) is 0 Å². The lowest BCUT2D eigenvalue weighted by atomic mass is 9.73. The van der Waals surface area contributed by atoms with Crippen molar-refractivity contribution in [2.75, 3.05) is 27.3 Å². The first-order chi connectivity index (χ1) is 18.1. The van der Waals surface area contributed by atoms with E-state index >= 15 is 0 Å². The summed E-state index contributed by atoms with van der Waals surface area (Å²) in [7, 11) is 2.87. The number of benzene rings is 1. The highest BCUT2D eigenvalue weighted by Gasteiger charge is 2.60. The molecule has 1 amide bonds. The fraction of sp³-hybridized carbons (Fsp3) is 0.500. The van der Waals surface area contributed by atoms with Crippen molar-refractivity contribution >= 4 is 29.1 Å². The van der Waals surface area contributed by atoms with Crippen LogP contribution in [0.15, 0.2) is 22.4 Å². The van der Waals surface area contributed by atoms with Crippen LogP contribution in [-0.4, -0.2) is 65.4 Å². The van der Waals surface area contributed by atoms with E-state index in [9.17, 15) is 14.4 Å². The number of halogens is 1. The predicted octanol–water partition coefficient (Wildman–Crippen LogP) is 2.92. The van der Waals surface area contributed by atoms with E-state index in [0.717, 1.165) is 5.70 Å². The Hall–Kier alpha value is -3.60. The number of rotatable bonds is 7. The fourth-order valence-electron chi connectivity index (χ4n) is 5.09. The van der Waals surface area contributed by atoms with E-state index in [0.29, 0.717) is 31.2 Å². The van der Waals surface area contributed by atoms with E-state index < -0.39 is 23.1 Å². The van der Waals surface area contributed by atoms with Gasteiger partial charge in [-0.2, -0.15) is 4.98 Å². The third-order valence-electron chi connectivity index (χ3n) is 7.36. The number of likely N-dealkylation sites (tertiary alicyclic amines) is 1. The van der Waals surface area contributed by atoms with Crippen molar-refractivity contribution in [3.05, 3.63) is 40.1 Å². The zero-order chi connectivity index (χ0) is 27.4. The highest BCUT2D eigenvalue weighted by atomic mass is 35.5. The Morgan fingerprint density at radius 1 is 1.26 bits per heavy atom. The molecule has 5 rings (SSSR count). The number of nitrogens with one attached hydrogen (secondary N) is 1. The number of methoxy groups -OCH3 is 2. The first-order valence-electron chi connectivity index (χ1n) is 12.4. The van der Waals surface area contributed by atoms with Gasteiger partial charge in [0.15, 0.2) is 11.6 Å². The van der Waals surface area contributed by atoms with Gasteiger partial charge in [-0.1, -0.05) is 37.5 Å². The van der Waals surface area contributed by atoms with Crippen LogP contribution in [0.1, 0.15) is 55.2 Å². The van der Waals surface area contributed by atoms with E-state index in [1.165, 1.54) is 26.4 Å². The lowest BCUT2D eigenvalue weighted by Crippen LogP contribution is -2.58. The van der Waals surface area contributed by atoms with Crippen LogP contribution < -0.4 is 19.5 Å². The van der Waals surface area contributed by atoms with Crippen LogP contribution >= 0.6 is 11.6 Å². The van der Waals surface area contributed by atoms with Gasteiger partial charge in [0, 0.05) is 42.8 Å². The number of fused-ring (bicyclic) bond motifs is 1. The molecule has 1 aromatic carbocycles. The van der Waals surface area contributed by atoms with Gasteiger partial charge in [-0.15, -0.1) is 0 Å². The van der Waals surface area contributed by atoms with Crippen LogP contribution in [0.3, 0.4) is 0 Å². The van der Waals surface area contributed by atoms with Crippen molar-refractivity contribution in [1.29, 1.82) is 0 Å². The third kappa shape index (κ3) is 4.00. The number of aromatic nitrogens is 2. The lowest BCUT2D eigenvalue weighted by Gasteiger charge is -2.45. The van der Waals surface area contributed by atoms with Crippen molar-refractivity contribution in [1.82, 2.24) is 20.4 Å². The second kappa shape index (κ2) is 9.61. The summed E-state index contributed by atoms with van der Waals surface area (Å²) in [5.41, 5.74) is -0.827. The Kier molecular flexibility index (Phi) is 6.58. The maximum absolute atomic E-state index is 13.6. The van der Waals surface area contributed by atoms with Gasteiger partial charge in [0.25, 0.3) is 0 Å². The van der Waals surface area contributed by atoms with Crippen LogP contribution in [-0.2, 0) is 16.1 Å². The number of hydrogen-bond acceptors (Lipinski definition) is 10. The van der Waals surface area contributed by atoms with Gasteiger partial charge in [0.2, 0.25) is 29.0 Å². The molecule has 1 fully saturated rings. The first-order valence-corrected chi connectivity index (χ1v) is 12.8. The SMILES string of the molecule is COc1cc(OC)c2c(c1Cl)O[C@@]1(C(=O)C=C(N3CC(C(=O)NCc4nc(C(C)C)no4)C3)C[C@H]1C)C2=O. The number of carbonyl (C=O) groups is 3. The lowest BCUT2D eigenvalue weighted by molar-refractivity contribution is -0.131. The minimum absolute atomic E-state index is 0.0902. The molecule has 1 saturated heterocycles. The Balaban J connectivity index is 1.26. The number of nitrogens with zero attached hydrogens (tertiary/aromatic N) is 3. The summed E-state index contributed by atoms with van der Waals surface area (Å²) in [5.74, 6) is -0.107. The highest BCUT2D eigenvalue weighted by Crippen LogP contribution is 2.53. The molecule has 12 heteroatoms.